The Balaban J connectivity index is 1.46. The minimum Gasteiger partial charge on any atom is -0.496 e. The van der Waals surface area contributed by atoms with Crippen molar-refractivity contribution in [2.24, 2.45) is 0 Å². The van der Waals surface area contributed by atoms with Crippen LogP contribution in [0.5, 0.6) is 11.6 Å². The number of likely N-dealkylation sites (tertiary alicyclic amines) is 1. The number of hydrogen-bond acceptors (Lipinski definition) is 6. The quantitative estimate of drug-likeness (QED) is 0.708. The van der Waals surface area contributed by atoms with Crippen LogP contribution in [0, 0.1) is 0 Å². The molecule has 1 aliphatic rings. The lowest BCUT2D eigenvalue weighted by Crippen LogP contribution is -2.41. The molecule has 1 aliphatic heterocycles. The van der Waals surface area contributed by atoms with Gasteiger partial charge in [-0.3, -0.25) is 0 Å². The van der Waals surface area contributed by atoms with Gasteiger partial charge in [-0.1, -0.05) is 0 Å². The van der Waals surface area contributed by atoms with Crippen LogP contribution in [0.25, 0.3) is 16.9 Å². The second kappa shape index (κ2) is 8.17. The summed E-state index contributed by atoms with van der Waals surface area (Å²) in [5.74, 6) is 1.09. The molecule has 9 nitrogen and oxygen atoms in total. The number of nitrogens with zero attached hydrogens (tertiary/aromatic N) is 5. The van der Waals surface area contributed by atoms with Crippen LogP contribution in [0.4, 0.5) is 4.79 Å². The van der Waals surface area contributed by atoms with E-state index in [0.717, 1.165) is 11.3 Å². The van der Waals surface area contributed by atoms with Gasteiger partial charge < -0.3 is 19.5 Å². The highest BCUT2D eigenvalue weighted by atomic mass is 16.5. The maximum Gasteiger partial charge on any atom is 0.407 e. The molecule has 0 spiro atoms. The molecule has 0 bridgehead atoms. The number of rotatable bonds is 5. The van der Waals surface area contributed by atoms with Crippen molar-refractivity contribution < 1.29 is 19.4 Å². The molecule has 0 aliphatic carbocycles. The van der Waals surface area contributed by atoms with Crippen LogP contribution in [0.15, 0.2) is 48.8 Å². The van der Waals surface area contributed by atoms with Crippen molar-refractivity contribution in [1.82, 2.24) is 24.9 Å². The summed E-state index contributed by atoms with van der Waals surface area (Å²) >= 11 is 0. The Kier molecular flexibility index (Phi) is 5.28. The maximum absolute atomic E-state index is 11.0. The van der Waals surface area contributed by atoms with Gasteiger partial charge in [0, 0.05) is 56.0 Å². The fourth-order valence-electron chi connectivity index (χ4n) is 3.32. The molecule has 1 N–H and O–H groups in total. The lowest BCUT2D eigenvalue weighted by Gasteiger charge is -2.29. The van der Waals surface area contributed by atoms with Crippen LogP contribution in [0.3, 0.4) is 0 Å². The molecule has 1 aromatic carbocycles. The number of aromatic nitrogens is 4. The van der Waals surface area contributed by atoms with E-state index in [2.05, 4.69) is 15.3 Å². The van der Waals surface area contributed by atoms with E-state index in [-0.39, 0.29) is 6.10 Å². The second-order valence-corrected chi connectivity index (χ2v) is 6.68. The van der Waals surface area contributed by atoms with E-state index in [1.807, 2.05) is 36.5 Å². The first kappa shape index (κ1) is 18.7. The second-order valence-electron chi connectivity index (χ2n) is 6.68. The molecule has 29 heavy (non-hydrogen) atoms. The summed E-state index contributed by atoms with van der Waals surface area (Å²) in [6.07, 6.45) is 3.91. The number of methoxy groups -OCH3 is 1. The molecule has 1 fully saturated rings. The summed E-state index contributed by atoms with van der Waals surface area (Å²) in [6, 6.07) is 11.2. The molecule has 150 valence electrons. The average Bonchev–Trinajstić information content (AvgIpc) is 3.29. The normalized spacial score (nSPS) is 14.6. The van der Waals surface area contributed by atoms with E-state index >= 15 is 0 Å². The molecule has 4 rings (SSSR count). The van der Waals surface area contributed by atoms with Gasteiger partial charge in [0.15, 0.2) is 0 Å². The number of piperidine rings is 1. The van der Waals surface area contributed by atoms with E-state index in [1.54, 1.807) is 24.1 Å². The first-order valence-electron chi connectivity index (χ1n) is 9.31. The largest absolute Gasteiger partial charge is 0.496 e. The van der Waals surface area contributed by atoms with E-state index in [1.165, 1.54) is 4.90 Å². The van der Waals surface area contributed by atoms with Gasteiger partial charge in [0.1, 0.15) is 11.9 Å². The smallest absolute Gasteiger partial charge is 0.407 e. The molecule has 2 aromatic heterocycles. The van der Waals surface area contributed by atoms with Crippen LogP contribution in [0.1, 0.15) is 12.8 Å². The third-order valence-corrected chi connectivity index (χ3v) is 4.87. The SMILES string of the molecule is COc1cc(-n2cccn2)ccc1-c1ccc(OC2CCN(C(=O)O)CC2)nn1. The summed E-state index contributed by atoms with van der Waals surface area (Å²) in [5.41, 5.74) is 2.37. The molecule has 3 aromatic rings. The highest BCUT2D eigenvalue weighted by Crippen LogP contribution is 2.31. The molecular weight excluding hydrogens is 374 g/mol. The maximum atomic E-state index is 11.0. The van der Waals surface area contributed by atoms with Gasteiger partial charge in [-0.05, 0) is 24.3 Å². The Morgan fingerprint density at radius 1 is 1.17 bits per heavy atom. The topological polar surface area (TPSA) is 103 Å². The zero-order valence-electron chi connectivity index (χ0n) is 15.9. The number of ether oxygens (including phenoxy) is 2. The predicted molar refractivity (Wildman–Crippen MR) is 104 cm³/mol. The Morgan fingerprint density at radius 3 is 2.62 bits per heavy atom. The molecule has 1 saturated heterocycles. The zero-order valence-corrected chi connectivity index (χ0v) is 15.9. The fraction of sp³-hybridized carbons (Fsp3) is 0.300. The lowest BCUT2D eigenvalue weighted by atomic mass is 10.1. The van der Waals surface area contributed by atoms with Gasteiger partial charge in [-0.2, -0.15) is 5.10 Å². The summed E-state index contributed by atoms with van der Waals surface area (Å²) in [6.45, 7) is 0.927. The molecule has 0 saturated carbocycles. The Bertz CT molecular complexity index is 967. The van der Waals surface area contributed by atoms with Gasteiger partial charge in [0.25, 0.3) is 0 Å². The van der Waals surface area contributed by atoms with Gasteiger partial charge in [0.05, 0.1) is 18.5 Å². The van der Waals surface area contributed by atoms with Crippen molar-refractivity contribution in [3.8, 4) is 28.6 Å². The third kappa shape index (κ3) is 4.13. The van der Waals surface area contributed by atoms with Crippen LogP contribution < -0.4 is 9.47 Å². The average molecular weight is 395 g/mol. The van der Waals surface area contributed by atoms with E-state index < -0.39 is 6.09 Å². The molecule has 3 heterocycles. The number of carboxylic acid groups (broad SMARTS) is 1. The molecular formula is C20H21N5O4. The summed E-state index contributed by atoms with van der Waals surface area (Å²) in [5, 5.41) is 21.7. The van der Waals surface area contributed by atoms with Crippen LogP contribution in [-0.4, -0.2) is 62.4 Å². The van der Waals surface area contributed by atoms with Crippen molar-refractivity contribution in [3.05, 3.63) is 48.8 Å². The number of hydrogen-bond donors (Lipinski definition) is 1. The van der Waals surface area contributed by atoms with Gasteiger partial charge >= 0.3 is 6.09 Å². The first-order valence-corrected chi connectivity index (χ1v) is 9.31. The summed E-state index contributed by atoms with van der Waals surface area (Å²) in [4.78, 5) is 12.4. The molecule has 0 unspecified atom stereocenters. The molecule has 0 radical (unpaired) electrons. The molecule has 0 atom stereocenters. The zero-order chi connectivity index (χ0) is 20.2. The first-order chi connectivity index (χ1) is 14.1. The standard InChI is InChI=1S/C20H21N5O4/c1-28-18-13-14(25-10-2-9-21-25)3-4-16(18)17-5-6-19(23-22-17)29-15-7-11-24(12-8-15)20(26)27/h2-6,9-10,13,15H,7-8,11-12H2,1H3,(H,26,27). The van der Waals surface area contributed by atoms with E-state index in [0.29, 0.717) is 43.3 Å². The summed E-state index contributed by atoms with van der Waals surface area (Å²) in [7, 11) is 1.61. The highest BCUT2D eigenvalue weighted by Gasteiger charge is 2.23. The van der Waals surface area contributed by atoms with Gasteiger partial charge in [0.2, 0.25) is 5.88 Å². The van der Waals surface area contributed by atoms with E-state index in [9.17, 15) is 4.79 Å². The Morgan fingerprint density at radius 2 is 2.00 bits per heavy atom. The number of amides is 1. The Hall–Kier alpha value is -3.62. The fourth-order valence-corrected chi connectivity index (χ4v) is 3.32. The van der Waals surface area contributed by atoms with Crippen LogP contribution in [-0.2, 0) is 0 Å². The van der Waals surface area contributed by atoms with Crippen molar-refractivity contribution in [2.45, 2.75) is 18.9 Å². The van der Waals surface area contributed by atoms with E-state index in [4.69, 9.17) is 14.6 Å². The minimum atomic E-state index is -0.889. The van der Waals surface area contributed by atoms with Crippen molar-refractivity contribution in [2.75, 3.05) is 20.2 Å². The van der Waals surface area contributed by atoms with Crippen molar-refractivity contribution >= 4 is 6.09 Å². The monoisotopic (exact) mass is 395 g/mol. The van der Waals surface area contributed by atoms with Crippen molar-refractivity contribution in [3.63, 3.8) is 0 Å². The third-order valence-electron chi connectivity index (χ3n) is 4.87. The minimum absolute atomic E-state index is 0.0614. The van der Waals surface area contributed by atoms with Crippen LogP contribution in [0.2, 0.25) is 0 Å². The number of carbonyl (C=O) groups is 1. The molecule has 1 amide bonds. The number of benzene rings is 1. The highest BCUT2D eigenvalue weighted by molar-refractivity contribution is 5.69. The van der Waals surface area contributed by atoms with Crippen LogP contribution >= 0.6 is 0 Å². The Labute approximate surface area is 167 Å². The van der Waals surface area contributed by atoms with Gasteiger partial charge in [-0.15, -0.1) is 10.2 Å². The van der Waals surface area contributed by atoms with Crippen molar-refractivity contribution in [1.29, 1.82) is 0 Å². The van der Waals surface area contributed by atoms with Gasteiger partial charge in [-0.25, -0.2) is 9.48 Å². The molecule has 9 heteroatoms. The summed E-state index contributed by atoms with van der Waals surface area (Å²) < 4.78 is 13.1. The lowest BCUT2D eigenvalue weighted by molar-refractivity contribution is 0.0865. The predicted octanol–water partition coefficient (Wildman–Crippen LogP) is 2.86.